The molecule has 2 N–H and O–H groups in total. The first-order valence-electron chi connectivity index (χ1n) is 6.04. The Bertz CT molecular complexity index is 557. The first-order valence-corrected chi connectivity index (χ1v) is 6.04. The molecule has 1 fully saturated rings. The van der Waals surface area contributed by atoms with Crippen molar-refractivity contribution in [1.82, 2.24) is 5.32 Å². The molecule has 1 unspecified atom stereocenters. The van der Waals surface area contributed by atoms with Crippen LogP contribution in [0.5, 0.6) is 0 Å². The summed E-state index contributed by atoms with van der Waals surface area (Å²) in [5, 5.41) is 14.1. The van der Waals surface area contributed by atoms with Crippen molar-refractivity contribution in [2.24, 2.45) is 5.92 Å². The summed E-state index contributed by atoms with van der Waals surface area (Å²) in [6, 6.07) is 4.65. The minimum absolute atomic E-state index is 0.0493. The molecule has 1 aliphatic rings. The number of alkyl halides is 3. The van der Waals surface area contributed by atoms with E-state index in [1.165, 1.54) is 12.1 Å². The molecule has 1 amide bonds. The highest BCUT2D eigenvalue weighted by Crippen LogP contribution is 2.33. The van der Waals surface area contributed by atoms with E-state index in [-0.39, 0.29) is 17.5 Å². The number of halogens is 3. The largest absolute Gasteiger partial charge is 0.417 e. The van der Waals surface area contributed by atoms with Gasteiger partial charge in [-0.15, -0.1) is 0 Å². The summed E-state index contributed by atoms with van der Waals surface area (Å²) >= 11 is 0. The lowest BCUT2D eigenvalue weighted by Crippen LogP contribution is -2.24. The highest BCUT2D eigenvalue weighted by atomic mass is 19.4. The van der Waals surface area contributed by atoms with E-state index < -0.39 is 17.3 Å². The van der Waals surface area contributed by atoms with Gasteiger partial charge in [0.05, 0.1) is 23.1 Å². The Kier molecular flexibility index (Phi) is 3.95. The van der Waals surface area contributed by atoms with Gasteiger partial charge in [0.25, 0.3) is 0 Å². The molecule has 1 saturated heterocycles. The molecule has 106 valence electrons. The molecule has 4 nitrogen and oxygen atoms in total. The molecule has 0 aliphatic carbocycles. The second kappa shape index (κ2) is 5.51. The van der Waals surface area contributed by atoms with Crippen LogP contribution in [-0.4, -0.2) is 19.0 Å². The average Bonchev–Trinajstić information content (AvgIpc) is 2.91. The number of carbonyl (C=O) groups excluding carboxylic acids is 1. The second-order valence-corrected chi connectivity index (χ2v) is 4.55. The van der Waals surface area contributed by atoms with Gasteiger partial charge in [0.15, 0.2) is 0 Å². The number of hydrogen-bond acceptors (Lipinski definition) is 3. The summed E-state index contributed by atoms with van der Waals surface area (Å²) in [6.07, 6.45) is -3.96. The predicted octanol–water partition coefficient (Wildman–Crippen LogP) is 2.13. The van der Waals surface area contributed by atoms with E-state index in [0.717, 1.165) is 18.7 Å². The van der Waals surface area contributed by atoms with Gasteiger partial charge in [-0.2, -0.15) is 18.4 Å². The van der Waals surface area contributed by atoms with Crippen LogP contribution in [0.1, 0.15) is 17.5 Å². The van der Waals surface area contributed by atoms with E-state index in [1.807, 2.05) is 0 Å². The fraction of sp³-hybridized carbons (Fsp3) is 0.385. The molecule has 0 spiro atoms. The first-order chi connectivity index (χ1) is 9.41. The molecular formula is C13H12F3N3O. The second-order valence-electron chi connectivity index (χ2n) is 4.55. The zero-order valence-corrected chi connectivity index (χ0v) is 10.4. The molecule has 1 atom stereocenters. The van der Waals surface area contributed by atoms with Gasteiger partial charge in [0, 0.05) is 12.2 Å². The lowest BCUT2D eigenvalue weighted by Gasteiger charge is -2.13. The van der Waals surface area contributed by atoms with Crippen molar-refractivity contribution in [3.8, 4) is 6.07 Å². The highest BCUT2D eigenvalue weighted by molar-refractivity contribution is 5.93. The van der Waals surface area contributed by atoms with Crippen molar-refractivity contribution in [3.63, 3.8) is 0 Å². The number of amides is 1. The quantitative estimate of drug-likeness (QED) is 0.873. The third-order valence-electron chi connectivity index (χ3n) is 3.14. The fourth-order valence-electron chi connectivity index (χ4n) is 2.08. The lowest BCUT2D eigenvalue weighted by atomic mass is 10.1. The Labute approximate surface area is 113 Å². The van der Waals surface area contributed by atoms with Gasteiger partial charge in [-0.05, 0) is 31.2 Å². The molecule has 1 heterocycles. The third kappa shape index (κ3) is 3.08. The van der Waals surface area contributed by atoms with Crippen molar-refractivity contribution in [3.05, 3.63) is 29.3 Å². The van der Waals surface area contributed by atoms with Crippen molar-refractivity contribution in [1.29, 1.82) is 5.26 Å². The van der Waals surface area contributed by atoms with Gasteiger partial charge < -0.3 is 10.6 Å². The number of rotatable bonds is 2. The van der Waals surface area contributed by atoms with E-state index in [2.05, 4.69) is 10.6 Å². The number of benzene rings is 1. The normalized spacial score (nSPS) is 18.6. The van der Waals surface area contributed by atoms with Gasteiger partial charge in [0.1, 0.15) is 0 Å². The monoisotopic (exact) mass is 283 g/mol. The maximum atomic E-state index is 12.8. The smallest absolute Gasteiger partial charge is 0.326 e. The Balaban J connectivity index is 2.21. The number of nitrogens with one attached hydrogen (secondary N) is 2. The number of hydrogen-bond donors (Lipinski definition) is 2. The van der Waals surface area contributed by atoms with E-state index in [1.54, 1.807) is 0 Å². The molecular weight excluding hydrogens is 271 g/mol. The zero-order valence-electron chi connectivity index (χ0n) is 10.4. The van der Waals surface area contributed by atoms with Crippen molar-refractivity contribution >= 4 is 11.6 Å². The molecule has 0 radical (unpaired) electrons. The fourth-order valence-corrected chi connectivity index (χ4v) is 2.08. The maximum absolute atomic E-state index is 12.8. The molecule has 1 aromatic carbocycles. The summed E-state index contributed by atoms with van der Waals surface area (Å²) in [5.41, 5.74) is -1.45. The van der Waals surface area contributed by atoms with Crippen molar-refractivity contribution in [2.75, 3.05) is 18.4 Å². The lowest BCUT2D eigenvalue weighted by molar-refractivity contribution is -0.137. The number of nitriles is 1. The van der Waals surface area contributed by atoms with Crippen LogP contribution >= 0.6 is 0 Å². The molecule has 7 heteroatoms. The van der Waals surface area contributed by atoms with Crippen LogP contribution in [-0.2, 0) is 11.0 Å². The summed E-state index contributed by atoms with van der Waals surface area (Å²) in [4.78, 5) is 11.8. The van der Waals surface area contributed by atoms with Gasteiger partial charge in [-0.3, -0.25) is 4.79 Å². The van der Waals surface area contributed by atoms with Crippen LogP contribution in [0.25, 0.3) is 0 Å². The van der Waals surface area contributed by atoms with Gasteiger partial charge in [-0.1, -0.05) is 0 Å². The number of nitrogens with zero attached hydrogens (tertiary/aromatic N) is 1. The standard InChI is InChI=1S/C13H12F3N3O/c14-13(15,16)11-5-10(2-1-8(11)6-17)19-12(20)9-3-4-18-7-9/h1-2,5,9,18H,3-4,7H2,(H,19,20). The Morgan fingerprint density at radius 3 is 2.75 bits per heavy atom. The van der Waals surface area contributed by atoms with E-state index in [0.29, 0.717) is 13.0 Å². The number of anilines is 1. The summed E-state index contributed by atoms with van der Waals surface area (Å²) in [6.45, 7) is 1.24. The van der Waals surface area contributed by atoms with Gasteiger partial charge in [0.2, 0.25) is 5.91 Å². The SMILES string of the molecule is N#Cc1ccc(NC(=O)C2CCNC2)cc1C(F)(F)F. The summed E-state index contributed by atoms with van der Waals surface area (Å²) < 4.78 is 38.3. The average molecular weight is 283 g/mol. The minimum Gasteiger partial charge on any atom is -0.326 e. The summed E-state index contributed by atoms with van der Waals surface area (Å²) in [7, 11) is 0. The zero-order chi connectivity index (χ0) is 14.8. The molecule has 0 bridgehead atoms. The van der Waals surface area contributed by atoms with Crippen LogP contribution in [0.4, 0.5) is 18.9 Å². The first kappa shape index (κ1) is 14.3. The highest BCUT2D eigenvalue weighted by Gasteiger charge is 2.34. The van der Waals surface area contributed by atoms with Crippen LogP contribution in [0, 0.1) is 17.2 Å². The Morgan fingerprint density at radius 2 is 2.20 bits per heavy atom. The molecule has 1 aliphatic heterocycles. The van der Waals surface area contributed by atoms with E-state index in [9.17, 15) is 18.0 Å². The molecule has 1 aromatic rings. The molecule has 2 rings (SSSR count). The maximum Gasteiger partial charge on any atom is 0.417 e. The Morgan fingerprint density at radius 1 is 1.45 bits per heavy atom. The molecule has 20 heavy (non-hydrogen) atoms. The van der Waals surface area contributed by atoms with Crippen LogP contribution in [0.2, 0.25) is 0 Å². The van der Waals surface area contributed by atoms with E-state index in [4.69, 9.17) is 5.26 Å². The van der Waals surface area contributed by atoms with E-state index >= 15 is 0 Å². The van der Waals surface area contributed by atoms with Crippen LogP contribution < -0.4 is 10.6 Å². The molecule has 0 aromatic heterocycles. The summed E-state index contributed by atoms with van der Waals surface area (Å²) in [5.74, 6) is -0.548. The van der Waals surface area contributed by atoms with Crippen molar-refractivity contribution in [2.45, 2.75) is 12.6 Å². The van der Waals surface area contributed by atoms with Gasteiger partial charge in [-0.25, -0.2) is 0 Å². The number of carbonyl (C=O) groups is 1. The predicted molar refractivity (Wildman–Crippen MR) is 65.8 cm³/mol. The topological polar surface area (TPSA) is 64.9 Å². The van der Waals surface area contributed by atoms with Crippen LogP contribution in [0.15, 0.2) is 18.2 Å². The van der Waals surface area contributed by atoms with Gasteiger partial charge >= 0.3 is 6.18 Å². The van der Waals surface area contributed by atoms with Crippen LogP contribution in [0.3, 0.4) is 0 Å². The Hall–Kier alpha value is -2.07. The van der Waals surface area contributed by atoms with Crippen molar-refractivity contribution < 1.29 is 18.0 Å². The third-order valence-corrected chi connectivity index (χ3v) is 3.14. The molecule has 0 saturated carbocycles. The minimum atomic E-state index is -4.62.